The monoisotopic (exact) mass is 854 g/mol. The molecule has 4 heterocycles. The largest absolute Gasteiger partial charge is 0.456 e. The van der Waals surface area contributed by atoms with Gasteiger partial charge in [-0.15, -0.1) is 0 Å². The Morgan fingerprint density at radius 3 is 1.55 bits per heavy atom. The van der Waals surface area contributed by atoms with Gasteiger partial charge in [0.1, 0.15) is 11.2 Å². The molecule has 0 unspecified atom stereocenters. The van der Waals surface area contributed by atoms with Crippen LogP contribution in [0.4, 0.5) is 0 Å². The molecule has 0 N–H and O–H groups in total. The number of hydrogen-bond acceptors (Lipinski definition) is 7. The quantitative estimate of drug-likeness (QED) is 0.154. The molecule has 13 rings (SSSR count). The molecule has 0 atom stereocenters. The highest BCUT2D eigenvalue weighted by Gasteiger charge is 2.19. The molecule has 7 heteroatoms. The Hall–Kier alpha value is -9.38. The number of benzene rings is 9. The minimum atomic E-state index is 0.568. The summed E-state index contributed by atoms with van der Waals surface area (Å²) in [4.78, 5) is 25.3. The van der Waals surface area contributed by atoms with E-state index >= 15 is 0 Å². The molecule has 7 nitrogen and oxygen atoms in total. The maximum Gasteiger partial charge on any atom is 0.164 e. The number of pyridine rings is 2. The van der Waals surface area contributed by atoms with Crippen molar-refractivity contribution in [2.24, 2.45) is 0 Å². The van der Waals surface area contributed by atoms with E-state index in [1.54, 1.807) is 0 Å². The van der Waals surface area contributed by atoms with Crippen LogP contribution in [0, 0.1) is 11.3 Å². The predicted molar refractivity (Wildman–Crippen MR) is 270 cm³/mol. The topological polar surface area (TPSA) is 101 Å². The average Bonchev–Trinajstić information content (AvgIpc) is 3.78. The molecule has 0 aliphatic heterocycles. The number of nitriles is 1. The van der Waals surface area contributed by atoms with Crippen molar-refractivity contribution in [3.8, 4) is 73.6 Å². The first-order valence-corrected chi connectivity index (χ1v) is 22.1. The fourth-order valence-corrected chi connectivity index (χ4v) is 9.66. The van der Waals surface area contributed by atoms with Gasteiger partial charge < -0.3 is 4.42 Å². The summed E-state index contributed by atoms with van der Waals surface area (Å²) in [7, 11) is 0. The fraction of sp³-hybridized carbons (Fsp3) is 0. The van der Waals surface area contributed by atoms with Crippen LogP contribution in [-0.2, 0) is 0 Å². The number of aromatic nitrogens is 5. The maximum absolute atomic E-state index is 9.77. The van der Waals surface area contributed by atoms with Gasteiger partial charge in [-0.3, -0.25) is 9.97 Å². The third-order valence-electron chi connectivity index (χ3n) is 12.9. The maximum atomic E-state index is 9.77. The lowest BCUT2D eigenvalue weighted by Crippen LogP contribution is -2.00. The van der Waals surface area contributed by atoms with Gasteiger partial charge in [-0.2, -0.15) is 5.26 Å². The van der Waals surface area contributed by atoms with Crippen LogP contribution in [0.3, 0.4) is 0 Å². The normalized spacial score (nSPS) is 11.6. The molecule has 0 aliphatic carbocycles. The van der Waals surface area contributed by atoms with Crippen molar-refractivity contribution < 1.29 is 4.42 Å². The van der Waals surface area contributed by atoms with Crippen LogP contribution in [0.2, 0.25) is 0 Å². The molecule has 0 bridgehead atoms. The van der Waals surface area contributed by atoms with Crippen LogP contribution >= 0.6 is 0 Å². The molecule has 0 saturated carbocycles. The summed E-state index contributed by atoms with van der Waals surface area (Å²) in [6.45, 7) is 0. The summed E-state index contributed by atoms with van der Waals surface area (Å²) >= 11 is 0. The third kappa shape index (κ3) is 6.39. The molecular weight excluding hydrogens is 821 g/mol. The average molecular weight is 855 g/mol. The van der Waals surface area contributed by atoms with Crippen molar-refractivity contribution >= 4 is 65.3 Å². The standard InChI is InChI=1S/C60H34N6O/c61-35-42-25-27-44(45-16-5-4-15-43(42)45)36-21-23-37(24-22-36)49-33-51-48-19-10-30-63-57(48)50(34-52(51)47-18-9-29-62-56(47)49)39-13-8-14-40(31-39)59-64-58(38-11-2-1-3-12-38)65-60(66-59)41-26-28-55-53(32-41)46-17-6-7-20-54(46)67-55/h1-34H. The Balaban J connectivity index is 0.942. The van der Waals surface area contributed by atoms with Gasteiger partial charge in [-0.05, 0) is 99.1 Å². The molecular formula is C60H34N6O. The van der Waals surface area contributed by atoms with Crippen LogP contribution in [0.25, 0.3) is 133 Å². The zero-order valence-corrected chi connectivity index (χ0v) is 35.7. The SMILES string of the molecule is N#Cc1ccc(-c2ccc(-c3cc4c5cccnc5c(-c5cccc(-c6nc(-c7ccccc7)nc(-c7ccc8oc9ccccc9c8c7)n6)c5)cc4c4cccnc34)cc2)c2ccccc12. The zero-order chi connectivity index (χ0) is 44.4. The van der Waals surface area contributed by atoms with Crippen LogP contribution < -0.4 is 0 Å². The van der Waals surface area contributed by atoms with Crippen molar-refractivity contribution in [2.45, 2.75) is 0 Å². The van der Waals surface area contributed by atoms with Crippen molar-refractivity contribution in [3.63, 3.8) is 0 Å². The van der Waals surface area contributed by atoms with E-state index in [4.69, 9.17) is 29.3 Å². The van der Waals surface area contributed by atoms with Crippen LogP contribution in [-0.4, -0.2) is 24.9 Å². The summed E-state index contributed by atoms with van der Waals surface area (Å²) in [5.74, 6) is 1.73. The molecule has 67 heavy (non-hydrogen) atoms. The highest BCUT2D eigenvalue weighted by atomic mass is 16.3. The first-order chi connectivity index (χ1) is 33.1. The van der Waals surface area contributed by atoms with E-state index in [0.717, 1.165) is 115 Å². The summed E-state index contributed by atoms with van der Waals surface area (Å²) < 4.78 is 6.16. The summed E-state index contributed by atoms with van der Waals surface area (Å²) in [6, 6.07) is 68.6. The smallest absolute Gasteiger partial charge is 0.164 e. The highest BCUT2D eigenvalue weighted by molar-refractivity contribution is 6.22. The molecule has 0 aliphatic rings. The lowest BCUT2D eigenvalue weighted by Gasteiger charge is -2.16. The Labute approximate surface area is 384 Å². The Morgan fingerprint density at radius 1 is 0.328 bits per heavy atom. The zero-order valence-electron chi connectivity index (χ0n) is 35.7. The highest BCUT2D eigenvalue weighted by Crippen LogP contribution is 2.42. The lowest BCUT2D eigenvalue weighted by atomic mass is 9.90. The van der Waals surface area contributed by atoms with E-state index in [-0.39, 0.29) is 0 Å². The van der Waals surface area contributed by atoms with Crippen molar-refractivity contribution in [1.82, 2.24) is 24.9 Å². The second kappa shape index (κ2) is 15.4. The molecule has 9 aromatic carbocycles. The summed E-state index contributed by atoms with van der Waals surface area (Å²) in [5.41, 5.74) is 13.0. The van der Waals surface area contributed by atoms with Crippen LogP contribution in [0.1, 0.15) is 5.56 Å². The number of nitrogens with zero attached hydrogens (tertiary/aromatic N) is 6. The van der Waals surface area contributed by atoms with Crippen LogP contribution in [0.5, 0.6) is 0 Å². The van der Waals surface area contributed by atoms with E-state index in [9.17, 15) is 5.26 Å². The third-order valence-corrected chi connectivity index (χ3v) is 12.9. The van der Waals surface area contributed by atoms with E-state index in [1.165, 1.54) is 0 Å². The molecule has 0 saturated heterocycles. The second-order valence-corrected chi connectivity index (χ2v) is 16.7. The van der Waals surface area contributed by atoms with Gasteiger partial charge in [-0.25, -0.2) is 15.0 Å². The minimum Gasteiger partial charge on any atom is -0.456 e. The number of fused-ring (bicyclic) bond motifs is 9. The Morgan fingerprint density at radius 2 is 0.851 bits per heavy atom. The Kier molecular flexibility index (Phi) is 8.76. The first kappa shape index (κ1) is 38.1. The molecule has 0 radical (unpaired) electrons. The minimum absolute atomic E-state index is 0.568. The fourth-order valence-electron chi connectivity index (χ4n) is 9.66. The van der Waals surface area contributed by atoms with E-state index in [2.05, 4.69) is 97.1 Å². The van der Waals surface area contributed by atoms with Gasteiger partial charge in [-0.1, -0.05) is 133 Å². The van der Waals surface area contributed by atoms with Crippen molar-refractivity contribution in [1.29, 1.82) is 5.26 Å². The first-order valence-electron chi connectivity index (χ1n) is 22.1. The molecule has 4 aromatic heterocycles. The van der Waals surface area contributed by atoms with Crippen molar-refractivity contribution in [3.05, 3.63) is 212 Å². The summed E-state index contributed by atoms with van der Waals surface area (Å²) in [6.07, 6.45) is 3.73. The molecule has 0 amide bonds. The molecule has 0 fully saturated rings. The van der Waals surface area contributed by atoms with E-state index in [0.29, 0.717) is 23.0 Å². The van der Waals surface area contributed by atoms with E-state index < -0.39 is 0 Å². The van der Waals surface area contributed by atoms with Crippen molar-refractivity contribution in [2.75, 3.05) is 0 Å². The molecule has 0 spiro atoms. The van der Waals surface area contributed by atoms with Gasteiger partial charge in [0, 0.05) is 67.1 Å². The number of hydrogen-bond donors (Lipinski definition) is 0. The predicted octanol–water partition coefficient (Wildman–Crippen LogP) is 15.0. The van der Waals surface area contributed by atoms with Gasteiger partial charge in [0.2, 0.25) is 0 Å². The molecule has 13 aromatic rings. The van der Waals surface area contributed by atoms with Gasteiger partial charge >= 0.3 is 0 Å². The second-order valence-electron chi connectivity index (χ2n) is 16.7. The number of para-hydroxylation sites is 1. The molecule has 310 valence electrons. The number of furan rings is 1. The van der Waals surface area contributed by atoms with Crippen LogP contribution in [0.15, 0.2) is 211 Å². The summed E-state index contributed by atoms with van der Waals surface area (Å²) in [5, 5.41) is 18.1. The Bertz CT molecular complexity index is 4170. The van der Waals surface area contributed by atoms with Gasteiger partial charge in [0.15, 0.2) is 17.5 Å². The lowest BCUT2D eigenvalue weighted by molar-refractivity contribution is 0.669. The van der Waals surface area contributed by atoms with Gasteiger partial charge in [0.25, 0.3) is 0 Å². The van der Waals surface area contributed by atoms with Gasteiger partial charge in [0.05, 0.1) is 22.7 Å². The van der Waals surface area contributed by atoms with E-state index in [1.807, 2.05) is 116 Å². The number of rotatable bonds is 6.